The quantitative estimate of drug-likeness (QED) is 0.492. The van der Waals surface area contributed by atoms with Gasteiger partial charge in [0.2, 0.25) is 0 Å². The summed E-state index contributed by atoms with van der Waals surface area (Å²) in [7, 11) is 3.22. The number of benzene rings is 2. The first-order chi connectivity index (χ1) is 15.0. The number of carbonyl (C=O) groups is 1. The molecule has 0 aliphatic carbocycles. The number of nitrogens with one attached hydrogen (secondary N) is 1. The van der Waals surface area contributed by atoms with Gasteiger partial charge in [-0.3, -0.25) is 4.79 Å². The molecule has 3 aromatic rings. The molecule has 7 heteroatoms. The third-order valence-corrected chi connectivity index (χ3v) is 4.84. The molecule has 1 amide bonds. The highest BCUT2D eigenvalue weighted by molar-refractivity contribution is 5.92. The average molecular weight is 424 g/mol. The van der Waals surface area contributed by atoms with Crippen LogP contribution in [0.15, 0.2) is 48.7 Å². The Labute approximate surface area is 182 Å². The zero-order valence-electron chi connectivity index (χ0n) is 18.5. The zero-order chi connectivity index (χ0) is 22.2. The molecule has 7 nitrogen and oxygen atoms in total. The van der Waals surface area contributed by atoms with E-state index in [1.807, 2.05) is 43.3 Å². The lowest BCUT2D eigenvalue weighted by atomic mass is 10.2. The number of aryl methyl sites for hydroxylation is 1. The van der Waals surface area contributed by atoms with E-state index >= 15 is 0 Å². The SMILES string of the molecule is CCCCOc1ccc(CNC(=O)c2ccn(-c3cc(C)ccc3OC)n2)cc1OC. The minimum Gasteiger partial charge on any atom is -0.494 e. The molecule has 0 saturated carbocycles. The number of hydrogen-bond donors (Lipinski definition) is 1. The van der Waals surface area contributed by atoms with Crippen molar-refractivity contribution in [3.8, 4) is 22.9 Å². The number of hydrogen-bond acceptors (Lipinski definition) is 5. The summed E-state index contributed by atoms with van der Waals surface area (Å²) in [5.41, 5.74) is 3.10. The first-order valence-corrected chi connectivity index (χ1v) is 10.3. The van der Waals surface area contributed by atoms with Crippen molar-refractivity contribution in [1.29, 1.82) is 0 Å². The normalized spacial score (nSPS) is 10.6. The van der Waals surface area contributed by atoms with Gasteiger partial charge in [0.25, 0.3) is 5.91 Å². The summed E-state index contributed by atoms with van der Waals surface area (Å²) in [6.45, 7) is 5.11. The summed E-state index contributed by atoms with van der Waals surface area (Å²) in [5.74, 6) is 1.79. The third kappa shape index (κ3) is 5.57. The van der Waals surface area contributed by atoms with Crippen molar-refractivity contribution in [2.45, 2.75) is 33.2 Å². The van der Waals surface area contributed by atoms with Crippen LogP contribution in [0.3, 0.4) is 0 Å². The van der Waals surface area contributed by atoms with Crippen LogP contribution in [0.1, 0.15) is 41.4 Å². The van der Waals surface area contributed by atoms with Crippen molar-refractivity contribution >= 4 is 5.91 Å². The van der Waals surface area contributed by atoms with Crippen LogP contribution in [-0.4, -0.2) is 36.5 Å². The second kappa shape index (κ2) is 10.5. The van der Waals surface area contributed by atoms with E-state index in [0.29, 0.717) is 36.1 Å². The highest BCUT2D eigenvalue weighted by Crippen LogP contribution is 2.28. The predicted molar refractivity (Wildman–Crippen MR) is 119 cm³/mol. The number of amides is 1. The first kappa shape index (κ1) is 22.2. The van der Waals surface area contributed by atoms with Crippen LogP contribution in [0.5, 0.6) is 17.2 Å². The Bertz CT molecular complexity index is 1030. The van der Waals surface area contributed by atoms with Crippen LogP contribution in [0, 0.1) is 6.92 Å². The van der Waals surface area contributed by atoms with Gasteiger partial charge in [-0.2, -0.15) is 5.10 Å². The Morgan fingerprint density at radius 2 is 1.81 bits per heavy atom. The fraction of sp³-hybridized carbons (Fsp3) is 0.333. The van der Waals surface area contributed by atoms with E-state index < -0.39 is 0 Å². The largest absolute Gasteiger partial charge is 0.494 e. The standard InChI is InChI=1S/C24H29N3O4/c1-5-6-13-31-22-10-8-18(15-23(22)30-4)16-25-24(28)19-11-12-27(26-19)20-14-17(2)7-9-21(20)29-3/h7-12,14-15H,5-6,13,16H2,1-4H3,(H,25,28). The number of methoxy groups -OCH3 is 2. The molecule has 1 aromatic heterocycles. The van der Waals surface area contributed by atoms with Gasteiger partial charge in [0.05, 0.1) is 20.8 Å². The molecule has 0 unspecified atom stereocenters. The minimum absolute atomic E-state index is 0.257. The zero-order valence-corrected chi connectivity index (χ0v) is 18.5. The van der Waals surface area contributed by atoms with Gasteiger partial charge in [0.1, 0.15) is 11.4 Å². The molecule has 3 rings (SSSR count). The summed E-state index contributed by atoms with van der Waals surface area (Å²) >= 11 is 0. The number of aromatic nitrogens is 2. The Balaban J connectivity index is 1.66. The molecule has 0 atom stereocenters. The summed E-state index contributed by atoms with van der Waals surface area (Å²) in [6.07, 6.45) is 3.80. The Hall–Kier alpha value is -3.48. The molecular weight excluding hydrogens is 394 g/mol. The maximum Gasteiger partial charge on any atom is 0.272 e. The molecule has 1 heterocycles. The average Bonchev–Trinajstić information content (AvgIpc) is 3.28. The van der Waals surface area contributed by atoms with E-state index in [1.54, 1.807) is 31.2 Å². The van der Waals surface area contributed by atoms with Gasteiger partial charge in [-0.05, 0) is 54.8 Å². The molecule has 164 valence electrons. The topological polar surface area (TPSA) is 74.6 Å². The van der Waals surface area contributed by atoms with E-state index in [4.69, 9.17) is 14.2 Å². The number of ether oxygens (including phenoxy) is 3. The minimum atomic E-state index is -0.257. The van der Waals surface area contributed by atoms with E-state index in [1.165, 1.54) is 0 Å². The second-order valence-corrected chi connectivity index (χ2v) is 7.19. The highest BCUT2D eigenvalue weighted by Gasteiger charge is 2.13. The van der Waals surface area contributed by atoms with E-state index in [0.717, 1.165) is 29.7 Å². The van der Waals surface area contributed by atoms with Crippen molar-refractivity contribution in [2.24, 2.45) is 0 Å². The van der Waals surface area contributed by atoms with Crippen LogP contribution < -0.4 is 19.5 Å². The van der Waals surface area contributed by atoms with Crippen LogP contribution in [-0.2, 0) is 6.54 Å². The third-order valence-electron chi connectivity index (χ3n) is 4.84. The van der Waals surface area contributed by atoms with Crippen molar-refractivity contribution in [2.75, 3.05) is 20.8 Å². The maximum absolute atomic E-state index is 12.6. The number of unbranched alkanes of at least 4 members (excludes halogenated alkanes) is 1. The Kier molecular flexibility index (Phi) is 7.54. The fourth-order valence-corrected chi connectivity index (χ4v) is 3.10. The summed E-state index contributed by atoms with van der Waals surface area (Å²) in [6, 6.07) is 13.2. The molecule has 0 radical (unpaired) electrons. The molecule has 0 aliphatic heterocycles. The monoisotopic (exact) mass is 423 g/mol. The Morgan fingerprint density at radius 1 is 1.03 bits per heavy atom. The molecule has 0 saturated heterocycles. The van der Waals surface area contributed by atoms with Crippen LogP contribution >= 0.6 is 0 Å². The van der Waals surface area contributed by atoms with Gasteiger partial charge in [-0.15, -0.1) is 0 Å². The van der Waals surface area contributed by atoms with Crippen molar-refractivity contribution < 1.29 is 19.0 Å². The van der Waals surface area contributed by atoms with E-state index in [9.17, 15) is 4.79 Å². The van der Waals surface area contributed by atoms with Gasteiger partial charge < -0.3 is 19.5 Å². The first-order valence-electron chi connectivity index (χ1n) is 10.3. The molecule has 0 spiro atoms. The van der Waals surface area contributed by atoms with E-state index in [2.05, 4.69) is 17.3 Å². The molecule has 31 heavy (non-hydrogen) atoms. The van der Waals surface area contributed by atoms with Crippen LogP contribution in [0.4, 0.5) is 0 Å². The van der Waals surface area contributed by atoms with Gasteiger partial charge in [-0.25, -0.2) is 4.68 Å². The summed E-state index contributed by atoms with van der Waals surface area (Å²) in [5, 5.41) is 7.31. The molecule has 0 fully saturated rings. The van der Waals surface area contributed by atoms with Gasteiger partial charge in [0.15, 0.2) is 17.2 Å². The smallest absolute Gasteiger partial charge is 0.272 e. The molecule has 0 aliphatic rings. The molecule has 0 bridgehead atoms. The van der Waals surface area contributed by atoms with Gasteiger partial charge in [0, 0.05) is 12.7 Å². The lowest BCUT2D eigenvalue weighted by Crippen LogP contribution is -2.23. The molecule has 2 aromatic carbocycles. The lowest BCUT2D eigenvalue weighted by molar-refractivity contribution is 0.0945. The molecular formula is C24H29N3O4. The van der Waals surface area contributed by atoms with E-state index in [-0.39, 0.29) is 5.91 Å². The summed E-state index contributed by atoms with van der Waals surface area (Å²) in [4.78, 5) is 12.6. The van der Waals surface area contributed by atoms with Crippen molar-refractivity contribution in [3.63, 3.8) is 0 Å². The van der Waals surface area contributed by atoms with Crippen molar-refractivity contribution in [1.82, 2.24) is 15.1 Å². The van der Waals surface area contributed by atoms with Crippen molar-refractivity contribution in [3.05, 3.63) is 65.5 Å². The second-order valence-electron chi connectivity index (χ2n) is 7.19. The highest BCUT2D eigenvalue weighted by atomic mass is 16.5. The number of rotatable bonds is 10. The number of carbonyl (C=O) groups excluding carboxylic acids is 1. The van der Waals surface area contributed by atoms with Gasteiger partial charge >= 0.3 is 0 Å². The summed E-state index contributed by atoms with van der Waals surface area (Å²) < 4.78 is 18.2. The van der Waals surface area contributed by atoms with Crippen LogP contribution in [0.25, 0.3) is 5.69 Å². The lowest BCUT2D eigenvalue weighted by Gasteiger charge is -2.12. The maximum atomic E-state index is 12.6. The Morgan fingerprint density at radius 3 is 2.55 bits per heavy atom. The van der Waals surface area contributed by atoms with Gasteiger partial charge in [-0.1, -0.05) is 25.5 Å². The van der Waals surface area contributed by atoms with Crippen LogP contribution in [0.2, 0.25) is 0 Å². The fourth-order valence-electron chi connectivity index (χ4n) is 3.10. The predicted octanol–water partition coefficient (Wildman–Crippen LogP) is 4.31. The molecule has 1 N–H and O–H groups in total. The number of nitrogens with zero attached hydrogens (tertiary/aromatic N) is 2.